The van der Waals surface area contributed by atoms with E-state index in [0.717, 1.165) is 25.0 Å². The smallest absolute Gasteiger partial charge is 0.340 e. The summed E-state index contributed by atoms with van der Waals surface area (Å²) in [5, 5.41) is 3.86. The zero-order valence-electron chi connectivity index (χ0n) is 15.4. The van der Waals surface area contributed by atoms with Crippen LogP contribution in [-0.4, -0.2) is 52.0 Å². The molecule has 0 N–H and O–H groups in total. The van der Waals surface area contributed by atoms with E-state index in [1.807, 2.05) is 11.8 Å². The van der Waals surface area contributed by atoms with Gasteiger partial charge in [-0.25, -0.2) is 0 Å². The molecule has 2 aromatic rings. The Labute approximate surface area is 160 Å². The first-order valence-electron chi connectivity index (χ1n) is 9.37. The van der Waals surface area contributed by atoms with Gasteiger partial charge in [-0.3, -0.25) is 9.69 Å². The standard InChI is InChI=1S/C19H21F3N4O2/c1-12(25-7-9-26(10-8-25)18(27)13-5-6-13)17-23-16(24-28-17)14-3-2-4-15(11-14)19(20,21)22/h2-4,11-13H,5-10H2,1H3. The van der Waals surface area contributed by atoms with Gasteiger partial charge in [0.05, 0.1) is 11.6 Å². The van der Waals surface area contributed by atoms with Crippen molar-refractivity contribution in [2.45, 2.75) is 32.0 Å². The SMILES string of the molecule is CC(c1nc(-c2cccc(C(F)(F)F)c2)no1)N1CCN(C(=O)C2CC2)CC1. The van der Waals surface area contributed by atoms with E-state index < -0.39 is 11.7 Å². The monoisotopic (exact) mass is 394 g/mol. The molecular weight excluding hydrogens is 373 g/mol. The van der Waals surface area contributed by atoms with Gasteiger partial charge in [0.25, 0.3) is 0 Å². The topological polar surface area (TPSA) is 62.5 Å². The Morgan fingerprint density at radius 3 is 2.57 bits per heavy atom. The summed E-state index contributed by atoms with van der Waals surface area (Å²) in [6.45, 7) is 4.63. The molecule has 2 aliphatic rings. The summed E-state index contributed by atoms with van der Waals surface area (Å²) in [6.07, 6.45) is -2.43. The van der Waals surface area contributed by atoms with Crippen molar-refractivity contribution in [3.05, 3.63) is 35.7 Å². The van der Waals surface area contributed by atoms with Crippen LogP contribution in [0, 0.1) is 5.92 Å². The average Bonchev–Trinajstić information content (AvgIpc) is 3.43. The molecule has 9 heteroatoms. The Kier molecular flexibility index (Phi) is 4.86. The predicted molar refractivity (Wildman–Crippen MR) is 94.0 cm³/mol. The molecule has 2 fully saturated rings. The van der Waals surface area contributed by atoms with Gasteiger partial charge in [-0.15, -0.1) is 0 Å². The van der Waals surface area contributed by atoms with Crippen LogP contribution >= 0.6 is 0 Å². The molecule has 1 unspecified atom stereocenters. The van der Waals surface area contributed by atoms with Crippen molar-refractivity contribution in [1.29, 1.82) is 0 Å². The molecule has 4 rings (SSSR count). The Hall–Kier alpha value is -2.42. The van der Waals surface area contributed by atoms with Crippen molar-refractivity contribution in [2.24, 2.45) is 5.92 Å². The number of piperazine rings is 1. The van der Waals surface area contributed by atoms with Crippen molar-refractivity contribution >= 4 is 5.91 Å². The van der Waals surface area contributed by atoms with E-state index >= 15 is 0 Å². The number of rotatable bonds is 4. The minimum atomic E-state index is -4.42. The predicted octanol–water partition coefficient (Wildman–Crippen LogP) is 3.37. The number of benzene rings is 1. The van der Waals surface area contributed by atoms with Gasteiger partial charge in [-0.2, -0.15) is 18.2 Å². The zero-order chi connectivity index (χ0) is 19.9. The van der Waals surface area contributed by atoms with Crippen LogP contribution in [0.15, 0.2) is 28.8 Å². The Balaban J connectivity index is 1.42. The highest BCUT2D eigenvalue weighted by molar-refractivity contribution is 5.81. The maximum atomic E-state index is 12.9. The fourth-order valence-electron chi connectivity index (χ4n) is 3.43. The van der Waals surface area contributed by atoms with E-state index in [9.17, 15) is 18.0 Å². The molecule has 1 amide bonds. The molecule has 1 saturated carbocycles. The number of aromatic nitrogens is 2. The molecule has 6 nitrogen and oxygen atoms in total. The second-order valence-electron chi connectivity index (χ2n) is 7.35. The third-order valence-electron chi connectivity index (χ3n) is 5.35. The third-order valence-corrected chi connectivity index (χ3v) is 5.35. The fraction of sp³-hybridized carbons (Fsp3) is 0.526. The lowest BCUT2D eigenvalue weighted by Gasteiger charge is -2.36. The van der Waals surface area contributed by atoms with Gasteiger partial charge in [0.1, 0.15) is 0 Å². The highest BCUT2D eigenvalue weighted by Gasteiger charge is 2.36. The highest BCUT2D eigenvalue weighted by Crippen LogP contribution is 2.33. The second kappa shape index (κ2) is 7.20. The van der Waals surface area contributed by atoms with Gasteiger partial charge < -0.3 is 9.42 Å². The van der Waals surface area contributed by atoms with Crippen LogP contribution in [0.25, 0.3) is 11.4 Å². The molecule has 1 atom stereocenters. The van der Waals surface area contributed by atoms with Crippen LogP contribution in [0.5, 0.6) is 0 Å². The van der Waals surface area contributed by atoms with E-state index in [0.29, 0.717) is 32.1 Å². The van der Waals surface area contributed by atoms with Crippen molar-refractivity contribution in [2.75, 3.05) is 26.2 Å². The number of halogens is 3. The molecule has 1 saturated heterocycles. The summed E-state index contributed by atoms with van der Waals surface area (Å²) < 4.78 is 44.0. The van der Waals surface area contributed by atoms with Crippen LogP contribution in [0.4, 0.5) is 13.2 Å². The number of carbonyl (C=O) groups is 1. The summed E-state index contributed by atoms with van der Waals surface area (Å²) in [4.78, 5) is 20.5. The summed E-state index contributed by atoms with van der Waals surface area (Å²) >= 11 is 0. The first-order chi connectivity index (χ1) is 13.3. The minimum Gasteiger partial charge on any atom is -0.340 e. The summed E-state index contributed by atoms with van der Waals surface area (Å²) in [5.74, 6) is 0.955. The number of nitrogens with zero attached hydrogens (tertiary/aromatic N) is 4. The molecule has 0 bridgehead atoms. The molecule has 0 radical (unpaired) electrons. The van der Waals surface area contributed by atoms with Gasteiger partial charge in [0.2, 0.25) is 17.6 Å². The van der Waals surface area contributed by atoms with Crippen LogP contribution in [-0.2, 0) is 11.0 Å². The van der Waals surface area contributed by atoms with E-state index in [1.54, 1.807) is 0 Å². The first-order valence-corrected chi connectivity index (χ1v) is 9.37. The maximum Gasteiger partial charge on any atom is 0.416 e. The van der Waals surface area contributed by atoms with Crippen molar-refractivity contribution in [1.82, 2.24) is 19.9 Å². The number of amides is 1. The molecular formula is C19H21F3N4O2. The lowest BCUT2D eigenvalue weighted by Crippen LogP contribution is -2.49. The molecule has 1 aliphatic heterocycles. The largest absolute Gasteiger partial charge is 0.416 e. The van der Waals surface area contributed by atoms with Gasteiger partial charge in [-0.1, -0.05) is 17.3 Å². The van der Waals surface area contributed by atoms with Crippen LogP contribution < -0.4 is 0 Å². The van der Waals surface area contributed by atoms with Gasteiger partial charge in [0.15, 0.2) is 0 Å². The van der Waals surface area contributed by atoms with Crippen LogP contribution in [0.3, 0.4) is 0 Å². The van der Waals surface area contributed by atoms with Crippen molar-refractivity contribution in [3.8, 4) is 11.4 Å². The number of hydrogen-bond donors (Lipinski definition) is 0. The fourth-order valence-corrected chi connectivity index (χ4v) is 3.43. The zero-order valence-corrected chi connectivity index (χ0v) is 15.4. The molecule has 150 valence electrons. The van der Waals surface area contributed by atoms with Crippen molar-refractivity contribution < 1.29 is 22.5 Å². The van der Waals surface area contributed by atoms with E-state index in [4.69, 9.17) is 4.52 Å². The number of hydrogen-bond acceptors (Lipinski definition) is 5. The quantitative estimate of drug-likeness (QED) is 0.796. The van der Waals surface area contributed by atoms with Crippen LogP contribution in [0.2, 0.25) is 0 Å². The molecule has 1 aromatic carbocycles. The molecule has 2 heterocycles. The number of carbonyl (C=O) groups excluding carboxylic acids is 1. The maximum absolute atomic E-state index is 12.9. The third kappa shape index (κ3) is 3.89. The summed E-state index contributed by atoms with van der Waals surface area (Å²) in [5.41, 5.74) is -0.488. The van der Waals surface area contributed by atoms with Crippen LogP contribution in [0.1, 0.15) is 37.3 Å². The first kappa shape index (κ1) is 18.9. The molecule has 1 aromatic heterocycles. The lowest BCUT2D eigenvalue weighted by atomic mass is 10.1. The van der Waals surface area contributed by atoms with Gasteiger partial charge in [0, 0.05) is 37.7 Å². The summed E-state index contributed by atoms with van der Waals surface area (Å²) in [6, 6.07) is 4.70. The van der Waals surface area contributed by atoms with E-state index in [1.165, 1.54) is 12.1 Å². The van der Waals surface area contributed by atoms with Gasteiger partial charge in [-0.05, 0) is 31.9 Å². The molecule has 0 spiro atoms. The molecule has 1 aliphatic carbocycles. The Morgan fingerprint density at radius 2 is 1.93 bits per heavy atom. The summed E-state index contributed by atoms with van der Waals surface area (Å²) in [7, 11) is 0. The number of alkyl halides is 3. The minimum absolute atomic E-state index is 0.135. The van der Waals surface area contributed by atoms with Gasteiger partial charge >= 0.3 is 6.18 Å². The lowest BCUT2D eigenvalue weighted by molar-refractivity contribution is -0.137. The highest BCUT2D eigenvalue weighted by atomic mass is 19.4. The Bertz CT molecular complexity index is 855. The Morgan fingerprint density at radius 1 is 1.21 bits per heavy atom. The van der Waals surface area contributed by atoms with Crippen molar-refractivity contribution in [3.63, 3.8) is 0 Å². The second-order valence-corrected chi connectivity index (χ2v) is 7.35. The average molecular weight is 394 g/mol. The normalized spacial score (nSPS) is 19.6. The van der Waals surface area contributed by atoms with E-state index in [-0.39, 0.29) is 29.3 Å². The molecule has 28 heavy (non-hydrogen) atoms. The van der Waals surface area contributed by atoms with E-state index in [2.05, 4.69) is 15.0 Å².